The molecule has 3 nitrogen and oxygen atoms in total. The normalized spacial score (nSPS) is 17.1. The Bertz CT molecular complexity index is 419. The van der Waals surface area contributed by atoms with Gasteiger partial charge < -0.3 is 5.32 Å². The number of nitrogens with one attached hydrogen (secondary N) is 1. The Kier molecular flexibility index (Phi) is 4.25. The van der Waals surface area contributed by atoms with Crippen molar-refractivity contribution in [2.75, 3.05) is 32.7 Å². The quantitative estimate of drug-likeness (QED) is 0.862. The Hall–Kier alpha value is -0.780. The van der Waals surface area contributed by atoms with Gasteiger partial charge in [0, 0.05) is 31.7 Å². The number of benzene rings is 1. The second-order valence-corrected chi connectivity index (χ2v) is 4.93. The molecule has 5 heteroatoms. The maximum absolute atomic E-state index is 13.3. The van der Waals surface area contributed by atoms with Crippen LogP contribution < -0.4 is 5.32 Å². The fourth-order valence-corrected chi connectivity index (χ4v) is 2.08. The molecule has 1 aliphatic rings. The molecular formula is C12H14BrFN2O. The Morgan fingerprint density at radius 1 is 1.41 bits per heavy atom. The molecule has 2 rings (SSSR count). The SMILES string of the molecule is O=C(CN1CCNCC1)c1ccc(Br)c(F)c1. The van der Waals surface area contributed by atoms with Crippen molar-refractivity contribution >= 4 is 21.7 Å². The Labute approximate surface area is 108 Å². The van der Waals surface area contributed by atoms with Crippen molar-refractivity contribution in [3.8, 4) is 0 Å². The van der Waals surface area contributed by atoms with Crippen LogP contribution in [0.15, 0.2) is 22.7 Å². The lowest BCUT2D eigenvalue weighted by molar-refractivity contribution is 0.0921. The molecule has 1 aromatic rings. The number of hydrogen-bond acceptors (Lipinski definition) is 3. The van der Waals surface area contributed by atoms with Crippen molar-refractivity contribution in [2.24, 2.45) is 0 Å². The van der Waals surface area contributed by atoms with Gasteiger partial charge in [0.1, 0.15) is 5.82 Å². The summed E-state index contributed by atoms with van der Waals surface area (Å²) in [6.07, 6.45) is 0. The van der Waals surface area contributed by atoms with Gasteiger partial charge >= 0.3 is 0 Å². The van der Waals surface area contributed by atoms with Crippen LogP contribution >= 0.6 is 15.9 Å². The lowest BCUT2D eigenvalue weighted by Crippen LogP contribution is -2.45. The molecule has 1 N–H and O–H groups in total. The first-order chi connectivity index (χ1) is 8.16. The van der Waals surface area contributed by atoms with Crippen LogP contribution in [0, 0.1) is 5.82 Å². The fourth-order valence-electron chi connectivity index (χ4n) is 1.83. The van der Waals surface area contributed by atoms with Crippen molar-refractivity contribution in [2.45, 2.75) is 0 Å². The van der Waals surface area contributed by atoms with Crippen LogP contribution in [0.25, 0.3) is 0 Å². The average Bonchev–Trinajstić information content (AvgIpc) is 2.34. The van der Waals surface area contributed by atoms with E-state index >= 15 is 0 Å². The first-order valence-electron chi connectivity index (χ1n) is 5.58. The number of nitrogens with zero attached hydrogens (tertiary/aromatic N) is 1. The Morgan fingerprint density at radius 2 is 2.12 bits per heavy atom. The number of carbonyl (C=O) groups is 1. The minimum atomic E-state index is -0.392. The van der Waals surface area contributed by atoms with Gasteiger partial charge in [0.2, 0.25) is 0 Å². The monoisotopic (exact) mass is 300 g/mol. The standard InChI is InChI=1S/C12H14BrFN2O/c13-10-2-1-9(7-11(10)14)12(17)8-16-5-3-15-4-6-16/h1-2,7,15H,3-6,8H2. The molecule has 17 heavy (non-hydrogen) atoms. The van der Waals surface area contributed by atoms with E-state index in [1.165, 1.54) is 6.07 Å². The molecule has 0 amide bonds. The van der Waals surface area contributed by atoms with E-state index in [1.54, 1.807) is 12.1 Å². The molecule has 0 spiro atoms. The van der Waals surface area contributed by atoms with Crippen LogP contribution in [-0.4, -0.2) is 43.4 Å². The van der Waals surface area contributed by atoms with E-state index in [-0.39, 0.29) is 5.78 Å². The number of carbonyl (C=O) groups excluding carboxylic acids is 1. The van der Waals surface area contributed by atoms with Gasteiger partial charge in [0.15, 0.2) is 5.78 Å². The fraction of sp³-hybridized carbons (Fsp3) is 0.417. The van der Waals surface area contributed by atoms with E-state index < -0.39 is 5.82 Å². The molecule has 0 unspecified atom stereocenters. The Morgan fingerprint density at radius 3 is 2.76 bits per heavy atom. The zero-order valence-corrected chi connectivity index (χ0v) is 11.0. The second-order valence-electron chi connectivity index (χ2n) is 4.08. The minimum Gasteiger partial charge on any atom is -0.314 e. The molecule has 1 fully saturated rings. The van der Waals surface area contributed by atoms with Crippen molar-refractivity contribution in [3.63, 3.8) is 0 Å². The molecule has 0 radical (unpaired) electrons. The van der Waals surface area contributed by atoms with Crippen LogP contribution in [0.2, 0.25) is 0 Å². The highest BCUT2D eigenvalue weighted by Crippen LogP contribution is 2.16. The third-order valence-corrected chi connectivity index (χ3v) is 3.46. The largest absolute Gasteiger partial charge is 0.314 e. The number of ketones is 1. The topological polar surface area (TPSA) is 32.3 Å². The van der Waals surface area contributed by atoms with Crippen LogP contribution in [0.5, 0.6) is 0 Å². The summed E-state index contributed by atoms with van der Waals surface area (Å²) in [6, 6.07) is 4.51. The predicted molar refractivity (Wildman–Crippen MR) is 67.7 cm³/mol. The highest BCUT2D eigenvalue weighted by Gasteiger charge is 2.15. The van der Waals surface area contributed by atoms with Crippen LogP contribution in [0.1, 0.15) is 10.4 Å². The van der Waals surface area contributed by atoms with Gasteiger partial charge in [0.25, 0.3) is 0 Å². The molecule has 1 aromatic carbocycles. The lowest BCUT2D eigenvalue weighted by Gasteiger charge is -2.26. The summed E-state index contributed by atoms with van der Waals surface area (Å²) in [5.74, 6) is -0.422. The van der Waals surface area contributed by atoms with Gasteiger partial charge in [-0.1, -0.05) is 6.07 Å². The number of hydrogen-bond donors (Lipinski definition) is 1. The summed E-state index contributed by atoms with van der Waals surface area (Å²) in [4.78, 5) is 14.0. The molecule has 0 aliphatic carbocycles. The summed E-state index contributed by atoms with van der Waals surface area (Å²) in [7, 11) is 0. The minimum absolute atomic E-state index is 0.0294. The summed E-state index contributed by atoms with van der Waals surface area (Å²) < 4.78 is 13.7. The molecule has 0 aromatic heterocycles. The molecule has 0 saturated carbocycles. The molecule has 0 atom stereocenters. The highest BCUT2D eigenvalue weighted by molar-refractivity contribution is 9.10. The van der Waals surface area contributed by atoms with E-state index in [9.17, 15) is 9.18 Å². The molecule has 92 valence electrons. The number of Topliss-reactive ketones (excluding diaryl/α,β-unsaturated/α-hetero) is 1. The van der Waals surface area contributed by atoms with Crippen molar-refractivity contribution in [1.82, 2.24) is 10.2 Å². The smallest absolute Gasteiger partial charge is 0.176 e. The predicted octanol–water partition coefficient (Wildman–Crippen LogP) is 1.68. The third-order valence-electron chi connectivity index (χ3n) is 2.82. The van der Waals surface area contributed by atoms with E-state index in [4.69, 9.17) is 0 Å². The van der Waals surface area contributed by atoms with Crippen LogP contribution in [-0.2, 0) is 0 Å². The van der Waals surface area contributed by atoms with E-state index in [0.29, 0.717) is 16.6 Å². The number of rotatable bonds is 3. The van der Waals surface area contributed by atoms with Gasteiger partial charge in [-0.05, 0) is 28.1 Å². The van der Waals surface area contributed by atoms with Crippen LogP contribution in [0.3, 0.4) is 0 Å². The zero-order valence-electron chi connectivity index (χ0n) is 9.38. The van der Waals surface area contributed by atoms with Gasteiger partial charge in [-0.2, -0.15) is 0 Å². The van der Waals surface area contributed by atoms with Gasteiger partial charge in [-0.3, -0.25) is 9.69 Å². The van der Waals surface area contributed by atoms with Gasteiger partial charge in [-0.15, -0.1) is 0 Å². The Balaban J connectivity index is 2.01. The zero-order chi connectivity index (χ0) is 12.3. The summed E-state index contributed by atoms with van der Waals surface area (Å²) in [6.45, 7) is 3.90. The summed E-state index contributed by atoms with van der Waals surface area (Å²) >= 11 is 3.07. The number of halogens is 2. The first kappa shape index (κ1) is 12.7. The summed E-state index contributed by atoms with van der Waals surface area (Å²) in [5, 5.41) is 3.23. The van der Waals surface area contributed by atoms with E-state index in [0.717, 1.165) is 26.2 Å². The van der Waals surface area contributed by atoms with E-state index in [1.807, 2.05) is 0 Å². The highest BCUT2D eigenvalue weighted by atomic mass is 79.9. The van der Waals surface area contributed by atoms with Crippen molar-refractivity contribution < 1.29 is 9.18 Å². The average molecular weight is 301 g/mol. The molecule has 0 bridgehead atoms. The second kappa shape index (κ2) is 5.71. The maximum atomic E-state index is 13.3. The van der Waals surface area contributed by atoms with Crippen LogP contribution in [0.4, 0.5) is 4.39 Å². The van der Waals surface area contributed by atoms with Crippen molar-refractivity contribution in [1.29, 1.82) is 0 Å². The van der Waals surface area contributed by atoms with E-state index in [2.05, 4.69) is 26.1 Å². The molecule has 1 heterocycles. The maximum Gasteiger partial charge on any atom is 0.176 e. The molecular weight excluding hydrogens is 287 g/mol. The lowest BCUT2D eigenvalue weighted by atomic mass is 10.1. The van der Waals surface area contributed by atoms with Gasteiger partial charge in [0.05, 0.1) is 11.0 Å². The first-order valence-corrected chi connectivity index (χ1v) is 6.37. The number of piperazine rings is 1. The summed E-state index contributed by atoms with van der Waals surface area (Å²) in [5.41, 5.74) is 0.434. The van der Waals surface area contributed by atoms with Gasteiger partial charge in [-0.25, -0.2) is 4.39 Å². The molecule has 1 aliphatic heterocycles. The van der Waals surface area contributed by atoms with Crippen molar-refractivity contribution in [3.05, 3.63) is 34.1 Å². The third kappa shape index (κ3) is 3.34. The molecule has 1 saturated heterocycles.